The highest BCUT2D eigenvalue weighted by Gasteiger charge is 2.12. The average molecular weight is 436 g/mol. The molecule has 8 nitrogen and oxygen atoms in total. The number of rotatable bonds is 7. The first-order valence-electron chi connectivity index (χ1n) is 9.85. The quantitative estimate of drug-likeness (QED) is 0.482. The van der Waals surface area contributed by atoms with Gasteiger partial charge in [-0.05, 0) is 48.5 Å². The molecule has 0 saturated carbocycles. The number of nitrogens with zero attached hydrogens (tertiary/aromatic N) is 3. The van der Waals surface area contributed by atoms with E-state index in [2.05, 4.69) is 10.4 Å². The molecule has 9 heteroatoms. The van der Waals surface area contributed by atoms with Gasteiger partial charge in [0.2, 0.25) is 0 Å². The number of aromatic nitrogens is 3. The summed E-state index contributed by atoms with van der Waals surface area (Å²) >= 11 is 0. The molecule has 32 heavy (non-hydrogen) atoms. The minimum absolute atomic E-state index is 0.242. The highest BCUT2D eigenvalue weighted by Crippen LogP contribution is 2.27. The van der Waals surface area contributed by atoms with Crippen LogP contribution >= 0.6 is 0 Å². The predicted molar refractivity (Wildman–Crippen MR) is 117 cm³/mol. The van der Waals surface area contributed by atoms with E-state index in [1.165, 1.54) is 35.4 Å². The second-order valence-electron chi connectivity index (χ2n) is 6.99. The fourth-order valence-electron chi connectivity index (χ4n) is 3.33. The van der Waals surface area contributed by atoms with Crippen molar-refractivity contribution in [1.82, 2.24) is 19.5 Å². The van der Waals surface area contributed by atoms with E-state index in [4.69, 9.17) is 9.47 Å². The maximum absolute atomic E-state index is 13.2. The molecular weight excluding hydrogens is 415 g/mol. The lowest BCUT2D eigenvalue weighted by molar-refractivity contribution is 0.0951. The number of fused-ring (bicyclic) bond motifs is 1. The van der Waals surface area contributed by atoms with Gasteiger partial charge in [0, 0.05) is 36.6 Å². The Hall–Kier alpha value is -4.14. The van der Waals surface area contributed by atoms with Crippen molar-refractivity contribution in [3.05, 3.63) is 82.7 Å². The van der Waals surface area contributed by atoms with Gasteiger partial charge in [-0.3, -0.25) is 9.59 Å². The molecule has 2 aromatic carbocycles. The second kappa shape index (κ2) is 8.93. The van der Waals surface area contributed by atoms with Crippen LogP contribution < -0.4 is 20.3 Å². The zero-order valence-corrected chi connectivity index (χ0v) is 17.5. The van der Waals surface area contributed by atoms with Crippen LogP contribution in [0.3, 0.4) is 0 Å². The largest absolute Gasteiger partial charge is 0.493 e. The van der Waals surface area contributed by atoms with Gasteiger partial charge in [0.05, 0.1) is 19.9 Å². The summed E-state index contributed by atoms with van der Waals surface area (Å²) in [6.45, 7) is 0.535. The van der Waals surface area contributed by atoms with Gasteiger partial charge in [0.25, 0.3) is 11.5 Å². The third-order valence-electron chi connectivity index (χ3n) is 5.03. The maximum Gasteiger partial charge on any atom is 0.276 e. The van der Waals surface area contributed by atoms with Crippen molar-refractivity contribution in [3.63, 3.8) is 0 Å². The van der Waals surface area contributed by atoms with Crippen LogP contribution in [0.2, 0.25) is 0 Å². The molecule has 0 aliphatic carbocycles. The molecule has 0 atom stereocenters. The molecule has 2 aromatic heterocycles. The van der Waals surface area contributed by atoms with Crippen LogP contribution in [0.5, 0.6) is 11.5 Å². The summed E-state index contributed by atoms with van der Waals surface area (Å²) in [7, 11) is 3.02. The number of methoxy groups -OCH3 is 2. The standard InChI is InChI=1S/C23H21FN4O4/c1-31-20-8-5-16(13-21(20)32-2)22(29)25-9-10-27-11-12-28-19(23(27)30)14-18(26-28)15-3-6-17(24)7-4-15/h3-8,11-14H,9-10H2,1-2H3,(H,25,29). The zero-order chi connectivity index (χ0) is 22.7. The molecule has 0 spiro atoms. The first-order valence-corrected chi connectivity index (χ1v) is 9.85. The topological polar surface area (TPSA) is 86.9 Å². The molecule has 1 N–H and O–H groups in total. The van der Waals surface area contributed by atoms with Gasteiger partial charge >= 0.3 is 0 Å². The summed E-state index contributed by atoms with van der Waals surface area (Å²) in [6, 6.07) is 12.5. The number of hydrogen-bond acceptors (Lipinski definition) is 5. The van der Waals surface area contributed by atoms with E-state index < -0.39 is 0 Å². The van der Waals surface area contributed by atoms with Crippen molar-refractivity contribution in [3.8, 4) is 22.8 Å². The average Bonchev–Trinajstić information content (AvgIpc) is 3.25. The summed E-state index contributed by atoms with van der Waals surface area (Å²) in [5.74, 6) is 0.363. The van der Waals surface area contributed by atoms with Crippen LogP contribution in [-0.2, 0) is 6.54 Å². The van der Waals surface area contributed by atoms with Gasteiger partial charge in [0.1, 0.15) is 11.3 Å². The Balaban J connectivity index is 1.46. The van der Waals surface area contributed by atoms with Crippen LogP contribution in [0, 0.1) is 5.82 Å². The lowest BCUT2D eigenvalue weighted by Gasteiger charge is -2.10. The predicted octanol–water partition coefficient (Wildman–Crippen LogP) is 2.75. The Labute approximate surface area is 182 Å². The van der Waals surface area contributed by atoms with Gasteiger partial charge < -0.3 is 19.4 Å². The molecule has 0 fully saturated rings. The zero-order valence-electron chi connectivity index (χ0n) is 17.5. The Morgan fingerprint density at radius 2 is 1.78 bits per heavy atom. The third-order valence-corrected chi connectivity index (χ3v) is 5.03. The van der Waals surface area contributed by atoms with Gasteiger partial charge in [-0.15, -0.1) is 0 Å². The molecule has 164 valence electrons. The van der Waals surface area contributed by atoms with Crippen LogP contribution in [0.1, 0.15) is 10.4 Å². The normalized spacial score (nSPS) is 10.8. The fraction of sp³-hybridized carbons (Fsp3) is 0.174. The van der Waals surface area contributed by atoms with Crippen molar-refractivity contribution in [1.29, 1.82) is 0 Å². The van der Waals surface area contributed by atoms with E-state index in [9.17, 15) is 14.0 Å². The fourth-order valence-corrected chi connectivity index (χ4v) is 3.33. The number of carbonyl (C=O) groups is 1. The second-order valence-corrected chi connectivity index (χ2v) is 6.99. The Morgan fingerprint density at radius 3 is 2.50 bits per heavy atom. The van der Waals surface area contributed by atoms with Gasteiger partial charge in [-0.1, -0.05) is 0 Å². The number of ether oxygens (including phenoxy) is 2. The molecule has 0 aliphatic heterocycles. The molecular formula is C23H21FN4O4. The smallest absolute Gasteiger partial charge is 0.276 e. The molecule has 0 bridgehead atoms. The van der Waals surface area contributed by atoms with E-state index in [1.807, 2.05) is 0 Å². The van der Waals surface area contributed by atoms with E-state index in [0.29, 0.717) is 33.8 Å². The summed E-state index contributed by atoms with van der Waals surface area (Å²) in [5.41, 5.74) is 1.85. The molecule has 0 unspecified atom stereocenters. The Morgan fingerprint density at radius 1 is 1.03 bits per heavy atom. The molecule has 0 saturated heterocycles. The number of benzene rings is 2. The molecule has 4 aromatic rings. The summed E-state index contributed by atoms with van der Waals surface area (Å²) in [4.78, 5) is 25.3. The highest BCUT2D eigenvalue weighted by atomic mass is 19.1. The number of amides is 1. The van der Waals surface area contributed by atoms with Crippen LogP contribution in [0.4, 0.5) is 4.39 Å². The minimum atomic E-state index is -0.338. The summed E-state index contributed by atoms with van der Waals surface area (Å²) in [5, 5.41) is 7.18. The molecule has 0 aliphatic rings. The van der Waals surface area contributed by atoms with Crippen LogP contribution in [0.25, 0.3) is 16.8 Å². The van der Waals surface area contributed by atoms with Crippen molar-refractivity contribution in [2.45, 2.75) is 6.54 Å². The van der Waals surface area contributed by atoms with E-state index >= 15 is 0 Å². The Kier molecular flexibility index (Phi) is 5.89. The third kappa shape index (κ3) is 4.18. The van der Waals surface area contributed by atoms with E-state index in [1.54, 1.807) is 48.8 Å². The number of carbonyl (C=O) groups excluding carboxylic acids is 1. The first kappa shape index (κ1) is 21.1. The number of hydrogen-bond donors (Lipinski definition) is 1. The maximum atomic E-state index is 13.2. The summed E-state index contributed by atoms with van der Waals surface area (Å²) < 4.78 is 26.5. The number of halogens is 1. The van der Waals surface area contributed by atoms with Crippen molar-refractivity contribution < 1.29 is 18.7 Å². The molecule has 1 amide bonds. The summed E-state index contributed by atoms with van der Waals surface area (Å²) in [6.07, 6.45) is 3.28. The minimum Gasteiger partial charge on any atom is -0.493 e. The molecule has 0 radical (unpaired) electrons. The van der Waals surface area contributed by atoms with Crippen LogP contribution in [-0.4, -0.2) is 40.9 Å². The van der Waals surface area contributed by atoms with E-state index in [-0.39, 0.29) is 30.4 Å². The molecule has 4 rings (SSSR count). The highest BCUT2D eigenvalue weighted by molar-refractivity contribution is 5.94. The van der Waals surface area contributed by atoms with Crippen molar-refractivity contribution in [2.75, 3.05) is 20.8 Å². The lowest BCUT2D eigenvalue weighted by Crippen LogP contribution is -2.31. The van der Waals surface area contributed by atoms with Gasteiger partial charge in [0.15, 0.2) is 11.5 Å². The van der Waals surface area contributed by atoms with Gasteiger partial charge in [-0.25, -0.2) is 8.91 Å². The molecule has 2 heterocycles. The van der Waals surface area contributed by atoms with Crippen molar-refractivity contribution in [2.24, 2.45) is 0 Å². The van der Waals surface area contributed by atoms with Gasteiger partial charge in [-0.2, -0.15) is 5.10 Å². The first-order chi connectivity index (χ1) is 15.5. The lowest BCUT2D eigenvalue weighted by atomic mass is 10.1. The SMILES string of the molecule is COc1ccc(C(=O)NCCn2ccn3nc(-c4ccc(F)cc4)cc3c2=O)cc1OC. The Bertz CT molecular complexity index is 1330. The van der Waals surface area contributed by atoms with E-state index in [0.717, 1.165) is 0 Å². The van der Waals surface area contributed by atoms with Crippen LogP contribution in [0.15, 0.2) is 65.7 Å². The monoisotopic (exact) mass is 436 g/mol. The number of nitrogens with one attached hydrogen (secondary N) is 1. The van der Waals surface area contributed by atoms with Crippen molar-refractivity contribution >= 4 is 11.4 Å².